The molecule has 0 spiro atoms. The number of carbonyl (C=O) groups is 1. The number of carbonyl (C=O) groups excluding carboxylic acids is 1. The second-order valence-corrected chi connectivity index (χ2v) is 8.53. The van der Waals surface area contributed by atoms with Crippen molar-refractivity contribution in [1.82, 2.24) is 0 Å². The largest absolute Gasteiger partial charge is 0.504 e. The number of amides is 1. The number of phenols is 3. The van der Waals surface area contributed by atoms with Crippen LogP contribution in [0.25, 0.3) is 21.6 Å². The second-order valence-electron chi connectivity index (χ2n) is 7.36. The van der Waals surface area contributed by atoms with Crippen LogP contribution < -0.4 is 5.32 Å². The van der Waals surface area contributed by atoms with Gasteiger partial charge < -0.3 is 30.8 Å². The summed E-state index contributed by atoms with van der Waals surface area (Å²) in [6.45, 7) is 0. The lowest BCUT2D eigenvalue weighted by Crippen LogP contribution is -2.12. The predicted octanol–water partition coefficient (Wildman–Crippen LogP) is 4.30. The highest BCUT2D eigenvalue weighted by Crippen LogP contribution is 2.42. The van der Waals surface area contributed by atoms with Gasteiger partial charge in [0.05, 0.1) is 0 Å². The van der Waals surface area contributed by atoms with Crippen molar-refractivity contribution in [1.29, 1.82) is 0 Å². The van der Waals surface area contributed by atoms with E-state index >= 15 is 0 Å². The fourth-order valence-electron chi connectivity index (χ4n) is 3.44. The minimum absolute atomic E-state index is 0.131. The number of aromatic hydroxyl groups is 3. The molecule has 0 atom stereocenters. The van der Waals surface area contributed by atoms with Crippen molar-refractivity contribution < 1.29 is 30.3 Å². The van der Waals surface area contributed by atoms with E-state index in [0.29, 0.717) is 16.8 Å². The van der Waals surface area contributed by atoms with Crippen LogP contribution in [0.2, 0.25) is 0 Å². The first-order chi connectivity index (χ1) is 15.8. The molecule has 0 aliphatic rings. The summed E-state index contributed by atoms with van der Waals surface area (Å²) in [5.74, 6) is -1.90. The molecule has 0 fully saturated rings. The zero-order chi connectivity index (χ0) is 23.5. The highest BCUT2D eigenvalue weighted by molar-refractivity contribution is 7.15. The Morgan fingerprint density at radius 2 is 1.64 bits per heavy atom. The molecular formula is C25H21NO6S. The highest BCUT2D eigenvalue weighted by Gasteiger charge is 2.16. The van der Waals surface area contributed by atoms with E-state index in [4.69, 9.17) is 0 Å². The van der Waals surface area contributed by atoms with E-state index in [1.807, 2.05) is 24.3 Å². The Bertz CT molecular complexity index is 1310. The van der Waals surface area contributed by atoms with Crippen LogP contribution in [0.5, 0.6) is 17.2 Å². The van der Waals surface area contributed by atoms with Crippen molar-refractivity contribution in [2.24, 2.45) is 0 Å². The molecule has 0 saturated heterocycles. The number of nitrogens with one attached hydrogen (secondary N) is 1. The Morgan fingerprint density at radius 3 is 2.42 bits per heavy atom. The van der Waals surface area contributed by atoms with Gasteiger partial charge in [-0.3, -0.25) is 4.79 Å². The molecule has 3 aromatic carbocycles. The molecular weight excluding hydrogens is 442 g/mol. The molecule has 0 aliphatic heterocycles. The molecule has 4 rings (SSSR count). The van der Waals surface area contributed by atoms with E-state index in [2.05, 4.69) is 5.32 Å². The Hall–Kier alpha value is -3.85. The first-order valence-corrected chi connectivity index (χ1v) is 10.8. The number of para-hydroxylation sites is 1. The van der Waals surface area contributed by atoms with Gasteiger partial charge in [-0.25, -0.2) is 0 Å². The Labute approximate surface area is 193 Å². The van der Waals surface area contributed by atoms with Crippen LogP contribution in [0.15, 0.2) is 72.8 Å². The maximum Gasteiger partial charge on any atom is 0.255 e. The fraction of sp³-hybridized carbons (Fsp3) is 0.0800. The van der Waals surface area contributed by atoms with Crippen molar-refractivity contribution in [3.63, 3.8) is 0 Å². The van der Waals surface area contributed by atoms with Crippen molar-refractivity contribution in [3.05, 3.63) is 83.2 Å². The monoisotopic (exact) mass is 463 g/mol. The van der Waals surface area contributed by atoms with Gasteiger partial charge in [-0.15, -0.1) is 11.3 Å². The molecule has 0 bridgehead atoms. The number of benzene rings is 3. The zero-order valence-electron chi connectivity index (χ0n) is 17.3. The van der Waals surface area contributed by atoms with Crippen LogP contribution in [0.4, 0.5) is 5.69 Å². The van der Waals surface area contributed by atoms with Crippen molar-refractivity contribution in [3.8, 4) is 38.8 Å². The van der Waals surface area contributed by atoms with Crippen LogP contribution in [-0.4, -0.2) is 37.7 Å². The Morgan fingerprint density at radius 1 is 0.848 bits per heavy atom. The van der Waals surface area contributed by atoms with Gasteiger partial charge in [-0.1, -0.05) is 30.3 Å². The maximum atomic E-state index is 13.0. The van der Waals surface area contributed by atoms with Crippen LogP contribution in [0.3, 0.4) is 0 Å². The number of anilines is 1. The molecule has 7 nitrogen and oxygen atoms in total. The first-order valence-electron chi connectivity index (χ1n) is 10.0. The number of phenolic OH excluding ortho intramolecular Hbond substituents is 3. The average molecular weight is 464 g/mol. The fourth-order valence-corrected chi connectivity index (χ4v) is 4.52. The van der Waals surface area contributed by atoms with E-state index in [9.17, 15) is 30.3 Å². The quantitative estimate of drug-likeness (QED) is 0.187. The summed E-state index contributed by atoms with van der Waals surface area (Å²) in [4.78, 5) is 14.7. The molecule has 33 heavy (non-hydrogen) atoms. The summed E-state index contributed by atoms with van der Waals surface area (Å²) in [6.07, 6.45) is -1.29. The van der Waals surface area contributed by atoms with Crippen LogP contribution in [0.1, 0.15) is 15.2 Å². The Kier molecular flexibility index (Phi) is 6.32. The summed E-state index contributed by atoms with van der Waals surface area (Å²) in [7, 11) is 0. The minimum Gasteiger partial charge on any atom is -0.504 e. The van der Waals surface area contributed by atoms with Crippen LogP contribution >= 0.6 is 11.3 Å². The minimum atomic E-state index is -1.42. The lowest BCUT2D eigenvalue weighted by atomic mass is 10.0. The van der Waals surface area contributed by atoms with Crippen molar-refractivity contribution >= 4 is 22.9 Å². The van der Waals surface area contributed by atoms with E-state index in [1.54, 1.807) is 36.4 Å². The average Bonchev–Trinajstić information content (AvgIpc) is 3.25. The number of hydrogen-bond donors (Lipinski definition) is 6. The van der Waals surface area contributed by atoms with Gasteiger partial charge in [0.1, 0.15) is 0 Å². The smallest absolute Gasteiger partial charge is 0.255 e. The van der Waals surface area contributed by atoms with Gasteiger partial charge in [0.25, 0.3) is 5.91 Å². The molecule has 8 heteroatoms. The third-order valence-electron chi connectivity index (χ3n) is 5.05. The summed E-state index contributed by atoms with van der Waals surface area (Å²) >= 11 is 1.41. The molecule has 1 heterocycles. The van der Waals surface area contributed by atoms with Gasteiger partial charge in [-0.2, -0.15) is 0 Å². The molecule has 1 aromatic heterocycles. The van der Waals surface area contributed by atoms with Crippen molar-refractivity contribution in [2.75, 3.05) is 5.32 Å². The summed E-state index contributed by atoms with van der Waals surface area (Å²) in [5, 5.41) is 50.8. The number of aliphatic hydroxyl groups excluding tert-OH is 1. The lowest BCUT2D eigenvalue weighted by molar-refractivity contribution is -0.0375. The maximum absolute atomic E-state index is 13.0. The van der Waals surface area contributed by atoms with Crippen LogP contribution in [-0.2, 0) is 6.42 Å². The number of aliphatic hydroxyl groups is 2. The molecule has 168 valence electrons. The van der Waals surface area contributed by atoms with Gasteiger partial charge in [0.2, 0.25) is 5.75 Å². The molecule has 6 N–H and O–H groups in total. The van der Waals surface area contributed by atoms with E-state index in [0.717, 1.165) is 15.3 Å². The van der Waals surface area contributed by atoms with E-state index < -0.39 is 23.5 Å². The van der Waals surface area contributed by atoms with Crippen LogP contribution in [0, 0.1) is 0 Å². The molecule has 0 unspecified atom stereocenters. The highest BCUT2D eigenvalue weighted by atomic mass is 32.1. The molecule has 0 saturated carbocycles. The third kappa shape index (κ3) is 4.83. The molecule has 0 aliphatic carbocycles. The topological polar surface area (TPSA) is 130 Å². The van der Waals surface area contributed by atoms with Gasteiger partial charge in [0.15, 0.2) is 17.8 Å². The zero-order valence-corrected chi connectivity index (χ0v) is 18.1. The second kappa shape index (κ2) is 9.33. The van der Waals surface area contributed by atoms with E-state index in [-0.39, 0.29) is 17.9 Å². The number of thiophene rings is 1. The molecule has 1 amide bonds. The third-order valence-corrected chi connectivity index (χ3v) is 6.19. The lowest BCUT2D eigenvalue weighted by Gasteiger charge is -2.12. The molecule has 4 aromatic rings. The summed E-state index contributed by atoms with van der Waals surface area (Å²) in [5.41, 5.74) is 2.50. The van der Waals surface area contributed by atoms with E-state index in [1.165, 1.54) is 23.5 Å². The van der Waals surface area contributed by atoms with Gasteiger partial charge in [0, 0.05) is 38.6 Å². The number of hydrogen-bond acceptors (Lipinski definition) is 7. The predicted molar refractivity (Wildman–Crippen MR) is 127 cm³/mol. The van der Waals surface area contributed by atoms with Crippen molar-refractivity contribution in [2.45, 2.75) is 12.7 Å². The summed E-state index contributed by atoms with van der Waals surface area (Å²) in [6, 6.07) is 20.3. The Balaban J connectivity index is 1.61. The molecule has 0 radical (unpaired) electrons. The SMILES string of the molecule is O=C(Nc1ccccc1-c1ccc(CC(O)O)s1)c1cccc(-c2ccc(O)c(O)c2O)c1. The van der Waals surface area contributed by atoms with Gasteiger partial charge in [-0.05, 0) is 48.0 Å². The summed E-state index contributed by atoms with van der Waals surface area (Å²) < 4.78 is 0. The number of rotatable bonds is 6. The van der Waals surface area contributed by atoms with Gasteiger partial charge >= 0.3 is 0 Å². The first kappa shape index (κ1) is 22.3. The normalized spacial score (nSPS) is 11.0. The standard InChI is InChI=1S/C25H21NO6S/c27-20-10-9-17(23(30)24(20)31)14-4-3-5-15(12-14)25(32)26-19-7-2-1-6-18(19)21-11-8-16(33-21)13-22(28)29/h1-12,22,27-31H,13H2,(H,26,32).